The van der Waals surface area contributed by atoms with Crippen LogP contribution in [-0.2, 0) is 4.74 Å². The Balaban J connectivity index is 2.12. The minimum absolute atomic E-state index is 0.343. The minimum Gasteiger partial charge on any atom is -0.461 e. The van der Waals surface area contributed by atoms with Crippen LogP contribution in [0.3, 0.4) is 0 Å². The van der Waals surface area contributed by atoms with Gasteiger partial charge in [-0.1, -0.05) is 12.1 Å². The number of para-hydroxylation sites is 1. The van der Waals surface area contributed by atoms with Gasteiger partial charge in [-0.25, -0.2) is 9.78 Å². The highest BCUT2D eigenvalue weighted by atomic mass is 127. The molecule has 0 bridgehead atoms. The molecule has 1 aromatic heterocycles. The normalized spacial score (nSPS) is 10.1. The second kappa shape index (κ2) is 6.14. The largest absolute Gasteiger partial charge is 0.461 e. The molecule has 0 atom stereocenters. The fourth-order valence-corrected chi connectivity index (χ4v) is 2.52. The number of carbonyl (C=O) groups is 1. The number of aromatic nitrogens is 1. The zero-order valence-corrected chi connectivity index (χ0v) is 12.6. The molecule has 0 saturated carbocycles. The summed E-state index contributed by atoms with van der Waals surface area (Å²) in [7, 11) is 0. The van der Waals surface area contributed by atoms with Crippen LogP contribution >= 0.6 is 33.9 Å². The summed E-state index contributed by atoms with van der Waals surface area (Å²) in [6.45, 7) is 2.13. The van der Waals surface area contributed by atoms with E-state index in [4.69, 9.17) is 4.74 Å². The summed E-state index contributed by atoms with van der Waals surface area (Å²) in [5.41, 5.74) is 1.32. The van der Waals surface area contributed by atoms with Crippen molar-refractivity contribution < 1.29 is 9.53 Å². The van der Waals surface area contributed by atoms with Gasteiger partial charge in [0, 0.05) is 8.95 Å². The highest BCUT2D eigenvalue weighted by Crippen LogP contribution is 2.24. The first kappa shape index (κ1) is 13.3. The van der Waals surface area contributed by atoms with Gasteiger partial charge in [-0.2, -0.15) is 0 Å². The average Bonchev–Trinajstić information content (AvgIpc) is 2.81. The predicted octanol–water partition coefficient (Wildman–Crippen LogP) is 3.67. The number of esters is 1. The van der Waals surface area contributed by atoms with Gasteiger partial charge in [-0.3, -0.25) is 0 Å². The Morgan fingerprint density at radius 3 is 3.00 bits per heavy atom. The molecule has 0 fully saturated rings. The van der Waals surface area contributed by atoms with Gasteiger partial charge in [0.15, 0.2) is 10.8 Å². The molecule has 0 radical (unpaired) electrons. The number of anilines is 2. The first-order chi connectivity index (χ1) is 8.70. The van der Waals surface area contributed by atoms with E-state index >= 15 is 0 Å². The summed E-state index contributed by atoms with van der Waals surface area (Å²) in [5.74, 6) is -0.385. The van der Waals surface area contributed by atoms with Crippen molar-refractivity contribution in [1.82, 2.24) is 4.98 Å². The van der Waals surface area contributed by atoms with Crippen LogP contribution in [-0.4, -0.2) is 17.6 Å². The summed E-state index contributed by atoms with van der Waals surface area (Å²) in [5, 5.41) is 5.55. The number of ether oxygens (including phenoxy) is 1. The van der Waals surface area contributed by atoms with Crippen molar-refractivity contribution in [2.75, 3.05) is 11.9 Å². The second-order valence-electron chi connectivity index (χ2n) is 3.36. The lowest BCUT2D eigenvalue weighted by atomic mass is 10.3. The van der Waals surface area contributed by atoms with Crippen LogP contribution in [0, 0.1) is 3.57 Å². The first-order valence-corrected chi connectivity index (χ1v) is 7.30. The second-order valence-corrected chi connectivity index (χ2v) is 5.38. The highest BCUT2D eigenvalue weighted by molar-refractivity contribution is 14.1. The van der Waals surface area contributed by atoms with Crippen molar-refractivity contribution in [3.05, 3.63) is 38.9 Å². The number of rotatable bonds is 4. The molecule has 1 N–H and O–H groups in total. The van der Waals surface area contributed by atoms with Crippen LogP contribution in [0.5, 0.6) is 0 Å². The summed E-state index contributed by atoms with van der Waals surface area (Å²) in [6, 6.07) is 7.89. The summed E-state index contributed by atoms with van der Waals surface area (Å²) in [6.07, 6.45) is 0. The van der Waals surface area contributed by atoms with E-state index in [1.54, 1.807) is 12.3 Å². The lowest BCUT2D eigenvalue weighted by Crippen LogP contribution is -2.05. The van der Waals surface area contributed by atoms with Crippen LogP contribution in [0.4, 0.5) is 10.8 Å². The first-order valence-electron chi connectivity index (χ1n) is 5.35. The molecule has 2 rings (SSSR count). The molecule has 0 aliphatic heterocycles. The van der Waals surface area contributed by atoms with Crippen molar-refractivity contribution in [3.63, 3.8) is 0 Å². The number of hydrogen-bond donors (Lipinski definition) is 1. The predicted molar refractivity (Wildman–Crippen MR) is 80.5 cm³/mol. The van der Waals surface area contributed by atoms with Crippen molar-refractivity contribution in [2.45, 2.75) is 6.92 Å². The number of nitrogens with zero attached hydrogens (tertiary/aromatic N) is 1. The van der Waals surface area contributed by atoms with Gasteiger partial charge in [0.05, 0.1) is 12.3 Å². The lowest BCUT2D eigenvalue weighted by Gasteiger charge is -2.04. The van der Waals surface area contributed by atoms with Gasteiger partial charge >= 0.3 is 5.97 Å². The SMILES string of the molecule is CCOC(=O)c1csc(Nc2ccccc2I)n1. The average molecular weight is 374 g/mol. The fraction of sp³-hybridized carbons (Fsp3) is 0.167. The van der Waals surface area contributed by atoms with Crippen molar-refractivity contribution >= 4 is 50.7 Å². The van der Waals surface area contributed by atoms with Crippen molar-refractivity contribution in [3.8, 4) is 0 Å². The van der Waals surface area contributed by atoms with E-state index in [1.165, 1.54) is 11.3 Å². The van der Waals surface area contributed by atoms with Gasteiger partial charge in [0.1, 0.15) is 0 Å². The molecule has 4 nitrogen and oxygen atoms in total. The van der Waals surface area contributed by atoms with E-state index in [0.29, 0.717) is 17.4 Å². The standard InChI is InChI=1S/C12H11IN2O2S/c1-2-17-11(16)10-7-18-12(15-10)14-9-6-4-3-5-8(9)13/h3-7H,2H2,1H3,(H,14,15). The van der Waals surface area contributed by atoms with Crippen molar-refractivity contribution in [1.29, 1.82) is 0 Å². The van der Waals surface area contributed by atoms with Crippen LogP contribution in [0.2, 0.25) is 0 Å². The molecule has 0 aliphatic carbocycles. The molecule has 0 amide bonds. The lowest BCUT2D eigenvalue weighted by molar-refractivity contribution is 0.0520. The van der Waals surface area contributed by atoms with Gasteiger partial charge < -0.3 is 10.1 Å². The van der Waals surface area contributed by atoms with Crippen LogP contribution in [0.15, 0.2) is 29.6 Å². The number of hydrogen-bond acceptors (Lipinski definition) is 5. The number of halogens is 1. The molecular weight excluding hydrogens is 363 g/mol. The maximum Gasteiger partial charge on any atom is 0.357 e. The van der Waals surface area contributed by atoms with E-state index in [0.717, 1.165) is 9.26 Å². The number of benzene rings is 1. The Morgan fingerprint density at radius 2 is 2.28 bits per heavy atom. The van der Waals surface area contributed by atoms with E-state index in [-0.39, 0.29) is 5.97 Å². The van der Waals surface area contributed by atoms with Crippen LogP contribution in [0.25, 0.3) is 0 Å². The van der Waals surface area contributed by atoms with Gasteiger partial charge in [0.2, 0.25) is 0 Å². The molecule has 0 saturated heterocycles. The Kier molecular flexibility index (Phi) is 4.54. The van der Waals surface area contributed by atoms with Crippen LogP contribution < -0.4 is 5.32 Å². The smallest absolute Gasteiger partial charge is 0.357 e. The fourth-order valence-electron chi connectivity index (χ4n) is 1.31. The molecule has 18 heavy (non-hydrogen) atoms. The van der Waals surface area contributed by atoms with Gasteiger partial charge in [0.25, 0.3) is 0 Å². The molecule has 94 valence electrons. The summed E-state index contributed by atoms with van der Waals surface area (Å²) < 4.78 is 5.99. The molecule has 0 spiro atoms. The monoisotopic (exact) mass is 374 g/mol. The zero-order valence-electron chi connectivity index (χ0n) is 9.64. The quantitative estimate of drug-likeness (QED) is 0.656. The molecule has 1 aromatic carbocycles. The molecule has 2 aromatic rings. The number of thiazole rings is 1. The molecule has 6 heteroatoms. The third-order valence-corrected chi connectivity index (χ3v) is 3.80. The maximum atomic E-state index is 11.5. The van der Waals surface area contributed by atoms with Crippen molar-refractivity contribution in [2.24, 2.45) is 0 Å². The molecule has 0 unspecified atom stereocenters. The highest BCUT2D eigenvalue weighted by Gasteiger charge is 2.11. The summed E-state index contributed by atoms with van der Waals surface area (Å²) in [4.78, 5) is 15.7. The topological polar surface area (TPSA) is 51.2 Å². The Labute approximate surface area is 123 Å². The third kappa shape index (κ3) is 3.20. The van der Waals surface area contributed by atoms with Gasteiger partial charge in [-0.05, 0) is 41.6 Å². The minimum atomic E-state index is -0.385. The molecular formula is C12H11IN2O2S. The number of carbonyl (C=O) groups excluding carboxylic acids is 1. The Bertz CT molecular complexity index is 557. The van der Waals surface area contributed by atoms with E-state index in [2.05, 4.69) is 32.9 Å². The van der Waals surface area contributed by atoms with Crippen LogP contribution in [0.1, 0.15) is 17.4 Å². The van der Waals surface area contributed by atoms with E-state index < -0.39 is 0 Å². The van der Waals surface area contributed by atoms with E-state index in [9.17, 15) is 4.79 Å². The Hall–Kier alpha value is -1.15. The van der Waals surface area contributed by atoms with E-state index in [1.807, 2.05) is 24.3 Å². The Morgan fingerprint density at radius 1 is 1.50 bits per heavy atom. The number of nitrogens with one attached hydrogen (secondary N) is 1. The molecule has 1 heterocycles. The van der Waals surface area contributed by atoms with Gasteiger partial charge in [-0.15, -0.1) is 11.3 Å². The zero-order chi connectivity index (χ0) is 13.0. The third-order valence-electron chi connectivity index (χ3n) is 2.10. The maximum absolute atomic E-state index is 11.5. The summed E-state index contributed by atoms with van der Waals surface area (Å²) >= 11 is 3.62. The molecule has 0 aliphatic rings.